The zero-order chi connectivity index (χ0) is 19.2. The minimum Gasteiger partial charge on any atom is -0.497 e. The molecule has 3 rings (SSSR count). The smallest absolute Gasteiger partial charge is 0.267 e. The van der Waals surface area contributed by atoms with Crippen LogP contribution in [0.25, 0.3) is 11.4 Å². The van der Waals surface area contributed by atoms with Gasteiger partial charge in [-0.2, -0.15) is 9.36 Å². The Morgan fingerprint density at radius 3 is 2.63 bits per heavy atom. The molecule has 1 atom stereocenters. The van der Waals surface area contributed by atoms with E-state index in [2.05, 4.69) is 14.7 Å². The molecule has 140 valence electrons. The lowest BCUT2D eigenvalue weighted by atomic mass is 10.2. The summed E-state index contributed by atoms with van der Waals surface area (Å²) in [6.07, 6.45) is -0.458. The lowest BCUT2D eigenvalue weighted by Gasteiger charge is -2.16. The highest BCUT2D eigenvalue weighted by Crippen LogP contribution is 2.24. The molecule has 0 unspecified atom stereocenters. The molecule has 0 aliphatic rings. The van der Waals surface area contributed by atoms with Crippen molar-refractivity contribution in [1.29, 1.82) is 0 Å². The molecule has 1 aromatic heterocycles. The summed E-state index contributed by atoms with van der Waals surface area (Å²) in [5.41, 5.74) is 0.808. The Bertz CT molecular complexity index is 915. The van der Waals surface area contributed by atoms with Crippen LogP contribution in [-0.2, 0) is 4.79 Å². The quantitative estimate of drug-likeness (QED) is 0.659. The Morgan fingerprint density at radius 2 is 1.96 bits per heavy atom. The van der Waals surface area contributed by atoms with Gasteiger partial charge >= 0.3 is 0 Å². The monoisotopic (exact) mass is 387 g/mol. The number of nitrogens with one attached hydrogen (secondary N) is 1. The van der Waals surface area contributed by atoms with Crippen molar-refractivity contribution in [2.24, 2.45) is 0 Å². The number of hydrogen-bond donors (Lipinski definition) is 1. The van der Waals surface area contributed by atoms with Gasteiger partial charge in [-0.15, -0.1) is 0 Å². The Kier molecular flexibility index (Phi) is 5.97. The first-order chi connectivity index (χ1) is 13.1. The minimum absolute atomic E-state index is 0.0377. The van der Waals surface area contributed by atoms with Crippen molar-refractivity contribution in [3.8, 4) is 22.9 Å². The first-order valence-electron chi connectivity index (χ1n) is 8.31. The number of carbonyl (C=O) groups is 1. The molecule has 8 heteroatoms. The van der Waals surface area contributed by atoms with E-state index in [-0.39, 0.29) is 5.75 Å². The zero-order valence-corrected chi connectivity index (χ0v) is 15.6. The predicted molar refractivity (Wildman–Crippen MR) is 102 cm³/mol. The van der Waals surface area contributed by atoms with E-state index in [4.69, 9.17) is 9.47 Å². The molecule has 1 heterocycles. The topological polar surface area (TPSA) is 73.3 Å². The third-order valence-electron chi connectivity index (χ3n) is 3.77. The Balaban J connectivity index is 1.67. The van der Waals surface area contributed by atoms with Crippen molar-refractivity contribution in [2.75, 3.05) is 12.4 Å². The lowest BCUT2D eigenvalue weighted by molar-refractivity contribution is -0.122. The number of anilines is 1. The number of aromatic nitrogens is 2. The number of rotatable bonds is 7. The van der Waals surface area contributed by atoms with Crippen molar-refractivity contribution < 1.29 is 18.7 Å². The van der Waals surface area contributed by atoms with Gasteiger partial charge in [0.25, 0.3) is 5.91 Å². The molecule has 0 saturated heterocycles. The van der Waals surface area contributed by atoms with Crippen molar-refractivity contribution in [2.45, 2.75) is 19.4 Å². The van der Waals surface area contributed by atoms with Crippen molar-refractivity contribution in [1.82, 2.24) is 9.36 Å². The third kappa shape index (κ3) is 4.59. The molecule has 0 saturated carbocycles. The van der Waals surface area contributed by atoms with Crippen molar-refractivity contribution in [3.63, 3.8) is 0 Å². The van der Waals surface area contributed by atoms with Gasteiger partial charge in [-0.05, 0) is 42.8 Å². The molecule has 1 amide bonds. The summed E-state index contributed by atoms with van der Waals surface area (Å²) in [6.45, 7) is 1.79. The number of benzene rings is 2. The fourth-order valence-corrected chi connectivity index (χ4v) is 2.93. The largest absolute Gasteiger partial charge is 0.497 e. The van der Waals surface area contributed by atoms with Crippen LogP contribution in [0.2, 0.25) is 0 Å². The summed E-state index contributed by atoms with van der Waals surface area (Å²) in [4.78, 5) is 16.8. The summed E-state index contributed by atoms with van der Waals surface area (Å²) in [5.74, 6) is 0.356. The minimum atomic E-state index is -0.838. The fraction of sp³-hybridized carbons (Fsp3) is 0.211. The van der Waals surface area contributed by atoms with Crippen LogP contribution in [0.4, 0.5) is 9.52 Å². The molecule has 0 fully saturated rings. The highest BCUT2D eigenvalue weighted by Gasteiger charge is 2.21. The second-order valence-electron chi connectivity index (χ2n) is 5.59. The van der Waals surface area contributed by atoms with Gasteiger partial charge in [0, 0.05) is 17.1 Å². The average molecular weight is 387 g/mol. The summed E-state index contributed by atoms with van der Waals surface area (Å²) in [7, 11) is 1.59. The Morgan fingerprint density at radius 1 is 1.22 bits per heavy atom. The van der Waals surface area contributed by atoms with Crippen LogP contribution in [0.15, 0.2) is 48.5 Å². The van der Waals surface area contributed by atoms with E-state index in [0.717, 1.165) is 22.8 Å². The third-order valence-corrected chi connectivity index (χ3v) is 4.40. The van der Waals surface area contributed by atoms with Gasteiger partial charge in [-0.3, -0.25) is 10.1 Å². The number of para-hydroxylation sites is 1. The maximum Gasteiger partial charge on any atom is 0.267 e. The van der Waals surface area contributed by atoms with E-state index in [1.807, 2.05) is 24.3 Å². The Hall–Kier alpha value is -3.00. The van der Waals surface area contributed by atoms with E-state index in [1.54, 1.807) is 26.2 Å². The molecule has 0 bridgehead atoms. The van der Waals surface area contributed by atoms with Crippen LogP contribution in [0, 0.1) is 5.82 Å². The summed E-state index contributed by atoms with van der Waals surface area (Å²) >= 11 is 1.07. The van der Waals surface area contributed by atoms with Crippen LogP contribution in [0.5, 0.6) is 11.5 Å². The number of amides is 1. The number of ether oxygens (including phenoxy) is 2. The SMILES string of the molecule is CC[C@@H](Oc1ccccc1F)C(=O)Nc1nc(-c2ccc(OC)cc2)ns1. The molecular formula is C19H18FN3O3S. The van der Waals surface area contributed by atoms with Crippen LogP contribution in [0.3, 0.4) is 0 Å². The van der Waals surface area contributed by atoms with Gasteiger partial charge in [-0.1, -0.05) is 19.1 Å². The fourth-order valence-electron chi connectivity index (χ4n) is 2.33. The number of carbonyl (C=O) groups excluding carboxylic acids is 1. The molecule has 1 N–H and O–H groups in total. The lowest BCUT2D eigenvalue weighted by Crippen LogP contribution is -2.32. The maximum absolute atomic E-state index is 13.7. The second-order valence-corrected chi connectivity index (χ2v) is 6.34. The van der Waals surface area contributed by atoms with E-state index in [9.17, 15) is 9.18 Å². The van der Waals surface area contributed by atoms with Gasteiger partial charge in [0.05, 0.1) is 7.11 Å². The summed E-state index contributed by atoms with van der Waals surface area (Å²) in [5, 5.41) is 3.03. The second kappa shape index (κ2) is 8.59. The highest BCUT2D eigenvalue weighted by atomic mass is 32.1. The number of hydrogen-bond acceptors (Lipinski definition) is 6. The van der Waals surface area contributed by atoms with Crippen molar-refractivity contribution in [3.05, 3.63) is 54.3 Å². The normalized spacial score (nSPS) is 11.7. The Labute approximate surface area is 160 Å². The van der Waals surface area contributed by atoms with Crippen LogP contribution >= 0.6 is 11.5 Å². The molecule has 27 heavy (non-hydrogen) atoms. The molecule has 0 aliphatic heterocycles. The molecule has 0 spiro atoms. The molecule has 3 aromatic rings. The summed E-state index contributed by atoms with van der Waals surface area (Å²) < 4.78 is 28.6. The number of nitrogens with zero attached hydrogens (tertiary/aromatic N) is 2. The molecule has 0 aliphatic carbocycles. The summed E-state index contributed by atoms with van der Waals surface area (Å²) in [6, 6.07) is 13.3. The molecule has 0 radical (unpaired) electrons. The number of methoxy groups -OCH3 is 1. The standard InChI is InChI=1S/C19H18FN3O3S/c1-3-15(26-16-7-5-4-6-14(16)20)18(24)22-19-21-17(23-27-19)12-8-10-13(25-2)11-9-12/h4-11,15H,3H2,1-2H3,(H,21,22,23,24)/t15-/m1/s1. The number of halogens is 1. The molecular weight excluding hydrogens is 369 g/mol. The predicted octanol–water partition coefficient (Wildman–Crippen LogP) is 4.15. The van der Waals surface area contributed by atoms with Crippen LogP contribution in [-0.4, -0.2) is 28.5 Å². The first kappa shape index (κ1) is 18.8. The van der Waals surface area contributed by atoms with E-state index < -0.39 is 17.8 Å². The highest BCUT2D eigenvalue weighted by molar-refractivity contribution is 7.10. The van der Waals surface area contributed by atoms with Gasteiger partial charge in [0.15, 0.2) is 23.5 Å². The van der Waals surface area contributed by atoms with Gasteiger partial charge < -0.3 is 9.47 Å². The van der Waals surface area contributed by atoms with Crippen LogP contribution in [0.1, 0.15) is 13.3 Å². The zero-order valence-electron chi connectivity index (χ0n) is 14.8. The van der Waals surface area contributed by atoms with Crippen LogP contribution < -0.4 is 14.8 Å². The van der Waals surface area contributed by atoms with E-state index >= 15 is 0 Å². The average Bonchev–Trinajstić information content (AvgIpc) is 3.15. The van der Waals surface area contributed by atoms with E-state index in [0.29, 0.717) is 17.4 Å². The molecule has 2 aromatic carbocycles. The molecule has 6 nitrogen and oxygen atoms in total. The van der Waals surface area contributed by atoms with Gasteiger partial charge in [0.1, 0.15) is 5.75 Å². The van der Waals surface area contributed by atoms with Gasteiger partial charge in [-0.25, -0.2) is 4.39 Å². The van der Waals surface area contributed by atoms with Crippen molar-refractivity contribution >= 4 is 22.6 Å². The first-order valence-corrected chi connectivity index (χ1v) is 9.08. The van der Waals surface area contributed by atoms with Gasteiger partial charge in [0.2, 0.25) is 5.13 Å². The van der Waals surface area contributed by atoms with E-state index in [1.165, 1.54) is 12.1 Å². The maximum atomic E-state index is 13.7.